The zero-order valence-electron chi connectivity index (χ0n) is 6.77. The van der Waals surface area contributed by atoms with Gasteiger partial charge in [0.1, 0.15) is 5.76 Å². The zero-order valence-corrected chi connectivity index (χ0v) is 7.53. The molecule has 0 saturated carbocycles. The maximum atomic E-state index is 11.2. The van der Waals surface area contributed by atoms with Gasteiger partial charge < -0.3 is 15.4 Å². The lowest BCUT2D eigenvalue weighted by atomic mass is 10.1. The number of allylic oxidation sites excluding steroid dienone is 1. The molecule has 68 valence electrons. The van der Waals surface area contributed by atoms with Gasteiger partial charge >= 0.3 is 0 Å². The highest BCUT2D eigenvalue weighted by Crippen LogP contribution is 2.18. The summed E-state index contributed by atoms with van der Waals surface area (Å²) in [6.45, 7) is 2.12. The van der Waals surface area contributed by atoms with Crippen molar-refractivity contribution >= 4 is 11.6 Å². The Morgan fingerprint density at radius 2 is 2.42 bits per heavy atom. The molecule has 1 aliphatic rings. The molecule has 4 heteroatoms. The Morgan fingerprint density at radius 3 is 3.00 bits per heavy atom. The molecule has 3 nitrogen and oxygen atoms in total. The lowest BCUT2D eigenvalue weighted by molar-refractivity contribution is 0.324. The second-order valence-corrected chi connectivity index (χ2v) is 3.12. The largest absolute Gasteiger partial charge is 0.785 e. The second kappa shape index (κ2) is 3.94. The summed E-state index contributed by atoms with van der Waals surface area (Å²) >= 11 is 5.84. The summed E-state index contributed by atoms with van der Waals surface area (Å²) in [7, 11) is 0. The van der Waals surface area contributed by atoms with Crippen LogP contribution in [-0.4, -0.2) is 28.1 Å². The fourth-order valence-electron chi connectivity index (χ4n) is 1.08. The Hall–Kier alpha value is -0.510. The molecule has 0 spiro atoms. The fourth-order valence-corrected chi connectivity index (χ4v) is 1.35. The van der Waals surface area contributed by atoms with Crippen molar-refractivity contribution in [3.63, 3.8) is 0 Å². The van der Waals surface area contributed by atoms with E-state index in [0.29, 0.717) is 6.54 Å². The topological polar surface area (TPSA) is 46.5 Å². The van der Waals surface area contributed by atoms with Gasteiger partial charge in [0.15, 0.2) is 0 Å². The minimum atomic E-state index is -0.443. The van der Waals surface area contributed by atoms with E-state index in [9.17, 15) is 5.21 Å². The summed E-state index contributed by atoms with van der Waals surface area (Å²) in [5.74, 6) is 0.103. The predicted octanol–water partition coefficient (Wildman–Crippen LogP) is 1.79. The second-order valence-electron chi connectivity index (χ2n) is 2.62. The number of aliphatic hydroxyl groups excluding tert-OH is 1. The summed E-state index contributed by atoms with van der Waals surface area (Å²) in [5, 5.41) is 20.8. The molecule has 0 aromatic rings. The van der Waals surface area contributed by atoms with Gasteiger partial charge in [-0.2, -0.15) is 0 Å². The quantitative estimate of drug-likeness (QED) is 0.531. The molecule has 0 radical (unpaired) electrons. The Labute approximate surface area is 76.5 Å². The van der Waals surface area contributed by atoms with Gasteiger partial charge in [0.05, 0.1) is 5.38 Å². The lowest BCUT2D eigenvalue weighted by Crippen LogP contribution is -2.36. The summed E-state index contributed by atoms with van der Waals surface area (Å²) in [6.07, 6.45) is 4.58. The molecule has 1 N–H and O–H groups in total. The molecule has 12 heavy (non-hydrogen) atoms. The number of halogens is 1. The molecule has 0 heterocycles. The number of alkyl halides is 1. The number of aliphatic hydroxyl groups is 1. The van der Waals surface area contributed by atoms with Gasteiger partial charge in [0, 0.05) is 6.04 Å². The zero-order chi connectivity index (χ0) is 9.14. The highest BCUT2D eigenvalue weighted by molar-refractivity contribution is 6.22. The first-order valence-electron chi connectivity index (χ1n) is 3.82. The Balaban J connectivity index is 2.70. The van der Waals surface area contributed by atoms with Gasteiger partial charge in [-0.25, -0.2) is 0 Å². The van der Waals surface area contributed by atoms with Crippen LogP contribution in [0.2, 0.25) is 0 Å². The van der Waals surface area contributed by atoms with Crippen molar-refractivity contribution in [3.8, 4) is 0 Å². The fraction of sp³-hybridized carbons (Fsp3) is 0.500. The Morgan fingerprint density at radius 1 is 1.75 bits per heavy atom. The van der Waals surface area contributed by atoms with Gasteiger partial charge in [0.25, 0.3) is 0 Å². The molecule has 0 bridgehead atoms. The third-order valence-electron chi connectivity index (χ3n) is 1.76. The van der Waals surface area contributed by atoms with E-state index in [2.05, 4.69) is 0 Å². The molecular weight excluding hydrogens is 178 g/mol. The van der Waals surface area contributed by atoms with Gasteiger partial charge in [0.2, 0.25) is 0 Å². The average Bonchev–Trinajstić information content (AvgIpc) is 2.08. The van der Waals surface area contributed by atoms with E-state index >= 15 is 0 Å². The maximum absolute atomic E-state index is 11.2. The van der Waals surface area contributed by atoms with E-state index in [1.807, 2.05) is 0 Å². The van der Waals surface area contributed by atoms with Crippen LogP contribution in [0.5, 0.6) is 0 Å². The molecule has 2 atom stereocenters. The average molecular weight is 189 g/mol. The van der Waals surface area contributed by atoms with Crippen LogP contribution in [-0.2, 0) is 0 Å². The molecule has 0 aliphatic heterocycles. The molecule has 0 saturated heterocycles. The standard InChI is InChI=1S/C8H11ClNO2/c1-2-10(12)8-5-6(11)3-4-7(8)9/h3-5,7-8,11H,2H2,1H3/q-1. The first-order chi connectivity index (χ1) is 5.65. The number of hydrogen-bond donors (Lipinski definition) is 1. The van der Waals surface area contributed by atoms with Crippen molar-refractivity contribution in [2.24, 2.45) is 0 Å². The minimum Gasteiger partial charge on any atom is -0.785 e. The Kier molecular flexibility index (Phi) is 3.14. The van der Waals surface area contributed by atoms with Crippen molar-refractivity contribution in [3.05, 3.63) is 29.2 Å². The minimum absolute atomic E-state index is 0.103. The monoisotopic (exact) mass is 188 g/mol. The SMILES string of the molecule is CCN([O-])C1C=C(O)C=CC1Cl. The predicted molar refractivity (Wildman–Crippen MR) is 49.0 cm³/mol. The number of hydrogen-bond acceptors (Lipinski definition) is 3. The van der Waals surface area contributed by atoms with Gasteiger partial charge in [-0.05, 0) is 18.7 Å². The normalized spacial score (nSPS) is 29.2. The van der Waals surface area contributed by atoms with E-state index in [-0.39, 0.29) is 11.1 Å². The van der Waals surface area contributed by atoms with Crippen molar-refractivity contribution in [1.29, 1.82) is 0 Å². The van der Waals surface area contributed by atoms with Gasteiger partial charge in [-0.3, -0.25) is 0 Å². The van der Waals surface area contributed by atoms with Crippen molar-refractivity contribution in [2.75, 3.05) is 6.54 Å². The molecule has 0 fully saturated rings. The molecule has 1 aliphatic carbocycles. The van der Waals surface area contributed by atoms with E-state index in [1.165, 1.54) is 12.2 Å². The summed E-state index contributed by atoms with van der Waals surface area (Å²) in [6, 6.07) is -0.443. The number of nitrogens with zero attached hydrogens (tertiary/aromatic N) is 1. The molecule has 1 rings (SSSR count). The third-order valence-corrected chi connectivity index (χ3v) is 2.17. The van der Waals surface area contributed by atoms with E-state index in [4.69, 9.17) is 16.7 Å². The highest BCUT2D eigenvalue weighted by Gasteiger charge is 2.18. The molecule has 2 unspecified atom stereocenters. The smallest absolute Gasteiger partial charge is 0.112 e. The van der Waals surface area contributed by atoms with Crippen LogP contribution in [0.4, 0.5) is 0 Å². The maximum Gasteiger partial charge on any atom is 0.112 e. The molecule has 0 aromatic heterocycles. The first kappa shape index (κ1) is 9.58. The van der Waals surface area contributed by atoms with Crippen molar-refractivity contribution in [2.45, 2.75) is 18.3 Å². The number of hydroxylamine groups is 2. The summed E-state index contributed by atoms with van der Waals surface area (Å²) < 4.78 is 0. The van der Waals surface area contributed by atoms with Crippen LogP contribution >= 0.6 is 11.6 Å². The molecule has 0 aromatic carbocycles. The summed E-state index contributed by atoms with van der Waals surface area (Å²) in [4.78, 5) is 0. The lowest BCUT2D eigenvalue weighted by Gasteiger charge is -2.37. The van der Waals surface area contributed by atoms with Gasteiger partial charge in [-0.1, -0.05) is 13.0 Å². The molecule has 0 amide bonds. The Bertz CT molecular complexity index is 215. The van der Waals surface area contributed by atoms with Crippen LogP contribution in [0.15, 0.2) is 24.0 Å². The summed E-state index contributed by atoms with van der Waals surface area (Å²) in [5.41, 5.74) is 0. The molecular formula is C8H11ClNO2-. The van der Waals surface area contributed by atoms with Crippen molar-refractivity contribution < 1.29 is 5.11 Å². The number of likely N-dealkylation sites (N-methyl/N-ethyl adjacent to an activating group) is 1. The van der Waals surface area contributed by atoms with Crippen LogP contribution in [0.3, 0.4) is 0 Å². The van der Waals surface area contributed by atoms with Crippen LogP contribution < -0.4 is 0 Å². The number of rotatable bonds is 2. The van der Waals surface area contributed by atoms with Crippen LogP contribution in [0, 0.1) is 5.21 Å². The van der Waals surface area contributed by atoms with E-state index in [1.54, 1.807) is 13.0 Å². The third kappa shape index (κ3) is 2.00. The van der Waals surface area contributed by atoms with E-state index < -0.39 is 6.04 Å². The first-order valence-corrected chi connectivity index (χ1v) is 4.25. The van der Waals surface area contributed by atoms with Crippen molar-refractivity contribution in [1.82, 2.24) is 5.06 Å². The highest BCUT2D eigenvalue weighted by atomic mass is 35.5. The van der Waals surface area contributed by atoms with Crippen LogP contribution in [0.25, 0.3) is 0 Å². The van der Waals surface area contributed by atoms with E-state index in [0.717, 1.165) is 5.06 Å². The van der Waals surface area contributed by atoms with Gasteiger partial charge in [-0.15, -0.1) is 11.6 Å². The van der Waals surface area contributed by atoms with Crippen LogP contribution in [0.1, 0.15) is 6.92 Å².